The molecule has 0 bridgehead atoms. The Hall–Kier alpha value is -2.45. The minimum Gasteiger partial charge on any atom is -0.480 e. The van der Waals surface area contributed by atoms with Crippen LogP contribution in [0.5, 0.6) is 0 Å². The molecule has 0 radical (unpaired) electrons. The second-order valence-corrected chi connectivity index (χ2v) is 9.93. The fourth-order valence-electron chi connectivity index (χ4n) is 3.38. The van der Waals surface area contributed by atoms with Crippen LogP contribution in [0.1, 0.15) is 44.6 Å². The van der Waals surface area contributed by atoms with Gasteiger partial charge in [-0.15, -0.1) is 0 Å². The van der Waals surface area contributed by atoms with E-state index >= 15 is 0 Å². The van der Waals surface area contributed by atoms with Gasteiger partial charge in [0, 0.05) is 12.7 Å². The summed E-state index contributed by atoms with van der Waals surface area (Å²) < 4.78 is 23.1. The Morgan fingerprint density at radius 2 is 1.81 bits per heavy atom. The minimum absolute atomic E-state index is 0.0600. The Kier molecular flexibility index (Phi) is 9.45. The number of carboxylic acids is 1. The Labute approximate surface area is 183 Å². The first-order chi connectivity index (χ1) is 14.7. The highest BCUT2D eigenvalue weighted by Gasteiger charge is 2.31. The molecule has 0 aromatic heterocycles. The van der Waals surface area contributed by atoms with Crippen LogP contribution < -0.4 is 0 Å². The maximum atomic E-state index is 13.0. The van der Waals surface area contributed by atoms with Crippen LogP contribution in [0.2, 0.25) is 0 Å². The number of benzene rings is 2. The number of fused-ring (bicyclic) bond motifs is 1. The third kappa shape index (κ3) is 7.95. The first kappa shape index (κ1) is 24.8. The van der Waals surface area contributed by atoms with E-state index in [0.29, 0.717) is 12.8 Å². The lowest BCUT2D eigenvalue weighted by atomic mass is 10.0. The van der Waals surface area contributed by atoms with Crippen molar-refractivity contribution in [3.63, 3.8) is 0 Å². The maximum absolute atomic E-state index is 13.0. The van der Waals surface area contributed by atoms with Crippen LogP contribution in [0.25, 0.3) is 10.8 Å². The van der Waals surface area contributed by atoms with Crippen LogP contribution in [-0.2, 0) is 30.7 Å². The van der Waals surface area contributed by atoms with Crippen molar-refractivity contribution in [3.05, 3.63) is 48.0 Å². The molecular formula is C23H31NO6S. The largest absolute Gasteiger partial charge is 0.480 e. The van der Waals surface area contributed by atoms with E-state index in [2.05, 4.69) is 0 Å². The number of nitrogens with zero attached hydrogens (tertiary/aromatic N) is 1. The molecule has 2 aromatic rings. The molecule has 0 fully saturated rings. The van der Waals surface area contributed by atoms with Gasteiger partial charge in [0.05, 0.1) is 12.4 Å². The zero-order valence-corrected chi connectivity index (χ0v) is 18.9. The number of sulfone groups is 1. The summed E-state index contributed by atoms with van der Waals surface area (Å²) in [6, 6.07) is 12.4. The van der Waals surface area contributed by atoms with Gasteiger partial charge in [-0.3, -0.25) is 9.63 Å². The SMILES string of the molecule is CCCCCON(C(=O)CCc1cccc2ccccc12)[C@@H](CCS(C)(=O)=O)C(=O)O. The molecule has 170 valence electrons. The number of hydrogen-bond acceptors (Lipinski definition) is 5. The summed E-state index contributed by atoms with van der Waals surface area (Å²) in [5.74, 6) is -2.09. The van der Waals surface area contributed by atoms with E-state index in [0.717, 1.165) is 40.5 Å². The number of aliphatic carboxylic acids is 1. The summed E-state index contributed by atoms with van der Waals surface area (Å²) in [6.45, 7) is 2.23. The van der Waals surface area contributed by atoms with Gasteiger partial charge in [-0.2, -0.15) is 0 Å². The van der Waals surface area contributed by atoms with E-state index in [1.807, 2.05) is 49.4 Å². The topological polar surface area (TPSA) is 101 Å². The zero-order chi connectivity index (χ0) is 22.9. The van der Waals surface area contributed by atoms with Crippen molar-refractivity contribution in [1.29, 1.82) is 0 Å². The maximum Gasteiger partial charge on any atom is 0.329 e. The van der Waals surface area contributed by atoms with Crippen LogP contribution in [0, 0.1) is 0 Å². The summed E-state index contributed by atoms with van der Waals surface area (Å²) in [6.07, 6.45) is 3.83. The summed E-state index contributed by atoms with van der Waals surface area (Å²) >= 11 is 0. The predicted molar refractivity (Wildman–Crippen MR) is 120 cm³/mol. The number of rotatable bonds is 13. The number of amides is 1. The van der Waals surface area contributed by atoms with E-state index < -0.39 is 27.8 Å². The first-order valence-electron chi connectivity index (χ1n) is 10.5. The van der Waals surface area contributed by atoms with Gasteiger partial charge in [-0.05, 0) is 35.6 Å². The molecule has 1 N–H and O–H groups in total. The van der Waals surface area contributed by atoms with Crippen LogP contribution in [-0.4, -0.2) is 55.1 Å². The summed E-state index contributed by atoms with van der Waals surface area (Å²) in [5.41, 5.74) is 0.986. The molecule has 0 aliphatic heterocycles. The molecule has 0 saturated heterocycles. The molecule has 0 spiro atoms. The highest BCUT2D eigenvalue weighted by atomic mass is 32.2. The second-order valence-electron chi connectivity index (χ2n) is 7.67. The Morgan fingerprint density at radius 3 is 2.48 bits per heavy atom. The van der Waals surface area contributed by atoms with Crippen LogP contribution in [0.3, 0.4) is 0 Å². The van der Waals surface area contributed by atoms with Crippen molar-refractivity contribution in [2.24, 2.45) is 0 Å². The van der Waals surface area contributed by atoms with Crippen molar-refractivity contribution in [3.8, 4) is 0 Å². The Bertz CT molecular complexity index is 983. The molecule has 0 saturated carbocycles. The van der Waals surface area contributed by atoms with Crippen molar-refractivity contribution in [2.75, 3.05) is 18.6 Å². The number of aryl methyl sites for hydroxylation is 1. The van der Waals surface area contributed by atoms with E-state index in [4.69, 9.17) is 4.84 Å². The molecule has 2 aromatic carbocycles. The van der Waals surface area contributed by atoms with Crippen molar-refractivity contribution < 1.29 is 28.0 Å². The average molecular weight is 450 g/mol. The van der Waals surface area contributed by atoms with E-state index in [-0.39, 0.29) is 25.2 Å². The lowest BCUT2D eigenvalue weighted by molar-refractivity contribution is -0.207. The molecule has 0 aliphatic carbocycles. The van der Waals surface area contributed by atoms with Crippen molar-refractivity contribution in [2.45, 2.75) is 51.5 Å². The minimum atomic E-state index is -3.38. The Balaban J connectivity index is 2.16. The monoisotopic (exact) mass is 449 g/mol. The molecule has 0 unspecified atom stereocenters. The smallest absolute Gasteiger partial charge is 0.329 e. The summed E-state index contributed by atoms with van der Waals surface area (Å²) in [5, 5.41) is 12.6. The zero-order valence-electron chi connectivity index (χ0n) is 18.1. The van der Waals surface area contributed by atoms with Gasteiger partial charge in [-0.25, -0.2) is 18.3 Å². The third-order valence-corrected chi connectivity index (χ3v) is 6.02. The molecule has 1 atom stereocenters. The number of carboxylic acid groups (broad SMARTS) is 1. The van der Waals surface area contributed by atoms with Crippen LogP contribution in [0.15, 0.2) is 42.5 Å². The standard InChI is InChI=1S/C23H31NO6S/c1-3-4-7-16-30-24(21(23(26)27)15-17-31(2,28)29)22(25)14-13-19-11-8-10-18-9-5-6-12-20(18)19/h5-6,8-12,21H,3-4,7,13-17H2,1-2H3,(H,26,27)/t21-/m0/s1. The molecule has 8 heteroatoms. The highest BCUT2D eigenvalue weighted by molar-refractivity contribution is 7.90. The van der Waals surface area contributed by atoms with Crippen LogP contribution >= 0.6 is 0 Å². The van der Waals surface area contributed by atoms with E-state index in [9.17, 15) is 23.1 Å². The van der Waals surface area contributed by atoms with Crippen LogP contribution in [0.4, 0.5) is 0 Å². The average Bonchev–Trinajstić information content (AvgIpc) is 2.72. The van der Waals surface area contributed by atoms with Crippen molar-refractivity contribution in [1.82, 2.24) is 5.06 Å². The van der Waals surface area contributed by atoms with E-state index in [1.54, 1.807) is 0 Å². The molecule has 31 heavy (non-hydrogen) atoms. The van der Waals surface area contributed by atoms with Gasteiger partial charge in [0.1, 0.15) is 9.84 Å². The number of hydrogen-bond donors (Lipinski definition) is 1. The lowest BCUT2D eigenvalue weighted by Gasteiger charge is -2.28. The van der Waals surface area contributed by atoms with Gasteiger partial charge >= 0.3 is 5.97 Å². The molecular weight excluding hydrogens is 418 g/mol. The van der Waals surface area contributed by atoms with Gasteiger partial charge in [0.2, 0.25) is 5.91 Å². The summed E-state index contributed by atoms with van der Waals surface area (Å²) in [4.78, 5) is 30.4. The van der Waals surface area contributed by atoms with E-state index in [1.165, 1.54) is 0 Å². The second kappa shape index (κ2) is 11.8. The van der Waals surface area contributed by atoms with Gasteiger partial charge in [-0.1, -0.05) is 62.2 Å². The number of hydroxylamine groups is 2. The molecule has 0 heterocycles. The molecule has 2 rings (SSSR count). The predicted octanol–water partition coefficient (Wildman–Crippen LogP) is 3.61. The van der Waals surface area contributed by atoms with Gasteiger partial charge in [0.25, 0.3) is 0 Å². The lowest BCUT2D eigenvalue weighted by Crippen LogP contribution is -2.46. The Morgan fingerprint density at radius 1 is 1.10 bits per heavy atom. The quantitative estimate of drug-likeness (QED) is 0.370. The molecule has 1 amide bonds. The fraction of sp³-hybridized carbons (Fsp3) is 0.478. The van der Waals surface area contributed by atoms with Crippen molar-refractivity contribution >= 4 is 32.5 Å². The third-order valence-electron chi connectivity index (χ3n) is 5.04. The highest BCUT2D eigenvalue weighted by Crippen LogP contribution is 2.21. The number of carbonyl (C=O) groups excluding carboxylic acids is 1. The van der Waals surface area contributed by atoms with Gasteiger partial charge in [0.15, 0.2) is 6.04 Å². The molecule has 7 nitrogen and oxygen atoms in total. The number of unbranched alkanes of at least 4 members (excludes halogenated alkanes) is 2. The normalized spacial score (nSPS) is 12.6. The van der Waals surface area contributed by atoms with Gasteiger partial charge < -0.3 is 5.11 Å². The first-order valence-corrected chi connectivity index (χ1v) is 12.6. The fourth-order valence-corrected chi connectivity index (χ4v) is 4.03. The molecule has 0 aliphatic rings. The number of carbonyl (C=O) groups is 2. The summed E-state index contributed by atoms with van der Waals surface area (Å²) in [7, 11) is -3.38.